The van der Waals surface area contributed by atoms with Crippen LogP contribution < -0.4 is 10.9 Å². The van der Waals surface area contributed by atoms with Gasteiger partial charge in [0.05, 0.1) is 11.4 Å². The molecular formula is C18H27N3OS. The average Bonchev–Trinajstić information content (AvgIpc) is 2.79. The van der Waals surface area contributed by atoms with Gasteiger partial charge in [-0.2, -0.15) is 0 Å². The number of nitrogens with zero attached hydrogens (tertiary/aromatic N) is 1. The Morgan fingerprint density at radius 2 is 2.04 bits per heavy atom. The summed E-state index contributed by atoms with van der Waals surface area (Å²) in [6, 6.07) is 0.564. The molecule has 0 saturated heterocycles. The summed E-state index contributed by atoms with van der Waals surface area (Å²) < 4.78 is 0. The molecule has 2 aromatic rings. The fraction of sp³-hybridized carbons (Fsp3) is 0.667. The van der Waals surface area contributed by atoms with Crippen LogP contribution in [-0.2, 0) is 0 Å². The first-order valence-corrected chi connectivity index (χ1v) is 9.46. The predicted molar refractivity (Wildman–Crippen MR) is 97.2 cm³/mol. The van der Waals surface area contributed by atoms with Crippen molar-refractivity contribution in [3.05, 3.63) is 26.6 Å². The quantitative estimate of drug-likeness (QED) is 0.890. The van der Waals surface area contributed by atoms with Crippen molar-refractivity contribution in [2.75, 3.05) is 0 Å². The van der Waals surface area contributed by atoms with Gasteiger partial charge in [0.1, 0.15) is 10.7 Å². The number of hydrogen-bond acceptors (Lipinski definition) is 4. The van der Waals surface area contributed by atoms with Crippen molar-refractivity contribution in [2.45, 2.75) is 66.0 Å². The van der Waals surface area contributed by atoms with Gasteiger partial charge in [-0.25, -0.2) is 4.98 Å². The lowest BCUT2D eigenvalue weighted by Gasteiger charge is -2.36. The molecule has 2 heterocycles. The topological polar surface area (TPSA) is 57.8 Å². The molecule has 2 aromatic heterocycles. The fourth-order valence-corrected chi connectivity index (χ4v) is 4.73. The largest absolute Gasteiger partial charge is 0.309 e. The van der Waals surface area contributed by atoms with Crippen molar-refractivity contribution < 1.29 is 0 Å². The van der Waals surface area contributed by atoms with E-state index in [4.69, 9.17) is 4.98 Å². The number of hydrogen-bond donors (Lipinski definition) is 2. The highest BCUT2D eigenvalue weighted by Gasteiger charge is 2.28. The second-order valence-corrected chi connectivity index (χ2v) is 8.38. The Bertz CT molecular complexity index is 763. The number of rotatable bonds is 3. The van der Waals surface area contributed by atoms with E-state index in [1.165, 1.54) is 24.1 Å². The third kappa shape index (κ3) is 3.09. The lowest BCUT2D eigenvalue weighted by Crippen LogP contribution is -2.42. The van der Waals surface area contributed by atoms with Gasteiger partial charge in [0, 0.05) is 10.9 Å². The van der Waals surface area contributed by atoms with E-state index in [-0.39, 0.29) is 11.6 Å². The van der Waals surface area contributed by atoms with E-state index in [1.54, 1.807) is 11.3 Å². The van der Waals surface area contributed by atoms with Gasteiger partial charge in [-0.05, 0) is 44.6 Å². The van der Waals surface area contributed by atoms with Crippen molar-refractivity contribution in [1.82, 2.24) is 15.3 Å². The highest BCUT2D eigenvalue weighted by Crippen LogP contribution is 2.31. The summed E-state index contributed by atoms with van der Waals surface area (Å²) in [5, 5.41) is 4.45. The van der Waals surface area contributed by atoms with Crippen LogP contribution in [0.4, 0.5) is 0 Å². The molecule has 0 radical (unpaired) electrons. The van der Waals surface area contributed by atoms with Crippen molar-refractivity contribution in [2.24, 2.45) is 11.8 Å². The summed E-state index contributed by atoms with van der Waals surface area (Å²) >= 11 is 1.61. The van der Waals surface area contributed by atoms with Crippen LogP contribution >= 0.6 is 11.3 Å². The molecule has 0 unspecified atom stereocenters. The van der Waals surface area contributed by atoms with E-state index in [0.717, 1.165) is 27.5 Å². The monoisotopic (exact) mass is 333 g/mol. The third-order valence-corrected chi connectivity index (χ3v) is 6.74. The zero-order valence-electron chi connectivity index (χ0n) is 14.7. The lowest BCUT2D eigenvalue weighted by atomic mass is 9.78. The number of fused-ring (bicyclic) bond motifs is 1. The van der Waals surface area contributed by atoms with E-state index < -0.39 is 0 Å². The molecular weight excluding hydrogens is 306 g/mol. The highest BCUT2D eigenvalue weighted by atomic mass is 32.1. The zero-order valence-corrected chi connectivity index (χ0v) is 15.5. The van der Waals surface area contributed by atoms with Crippen LogP contribution in [0, 0.1) is 25.7 Å². The summed E-state index contributed by atoms with van der Waals surface area (Å²) in [5.74, 6) is 2.17. The summed E-state index contributed by atoms with van der Waals surface area (Å²) in [5.41, 5.74) is 1.05. The summed E-state index contributed by atoms with van der Waals surface area (Å²) in [6.07, 6.45) is 3.81. The lowest BCUT2D eigenvalue weighted by molar-refractivity contribution is 0.195. The van der Waals surface area contributed by atoms with Gasteiger partial charge in [-0.3, -0.25) is 4.79 Å². The summed E-state index contributed by atoms with van der Waals surface area (Å²) in [6.45, 7) is 10.8. The maximum atomic E-state index is 12.4. The van der Waals surface area contributed by atoms with Crippen molar-refractivity contribution in [3.8, 4) is 0 Å². The molecule has 0 spiro atoms. The van der Waals surface area contributed by atoms with Crippen molar-refractivity contribution in [3.63, 3.8) is 0 Å². The van der Waals surface area contributed by atoms with E-state index in [0.29, 0.717) is 12.0 Å². The Morgan fingerprint density at radius 1 is 1.30 bits per heavy atom. The molecule has 0 amide bonds. The Morgan fingerprint density at radius 3 is 2.78 bits per heavy atom. The first-order chi connectivity index (χ1) is 10.9. The molecule has 3 rings (SSSR count). The maximum absolute atomic E-state index is 12.4. The standard InChI is InChI=1S/C18H27N3OS/c1-9-7-6-8-14(10(9)2)19-12(4)16-20-17(22)15-11(3)13(5)23-18(15)21-16/h9-10,12,14,19H,6-8H2,1-5H3,(H,20,21,22)/t9-,10-,12-,14+/m0/s1. The summed E-state index contributed by atoms with van der Waals surface area (Å²) in [7, 11) is 0. The van der Waals surface area contributed by atoms with Gasteiger partial charge in [-0.15, -0.1) is 11.3 Å². The van der Waals surface area contributed by atoms with Gasteiger partial charge < -0.3 is 10.3 Å². The van der Waals surface area contributed by atoms with Gasteiger partial charge in [0.15, 0.2) is 0 Å². The maximum Gasteiger partial charge on any atom is 0.259 e. The first-order valence-electron chi connectivity index (χ1n) is 8.64. The molecule has 126 valence electrons. The number of nitrogens with one attached hydrogen (secondary N) is 2. The molecule has 0 aliphatic heterocycles. The first kappa shape index (κ1) is 16.7. The third-order valence-electron chi connectivity index (χ3n) is 5.64. The van der Waals surface area contributed by atoms with Gasteiger partial charge in [0.2, 0.25) is 0 Å². The molecule has 1 aliphatic carbocycles. The second kappa shape index (κ2) is 6.36. The number of aromatic nitrogens is 2. The predicted octanol–water partition coefficient (Wildman–Crippen LogP) is 4.08. The minimum Gasteiger partial charge on any atom is -0.309 e. The van der Waals surface area contributed by atoms with Crippen molar-refractivity contribution >= 4 is 21.6 Å². The van der Waals surface area contributed by atoms with Gasteiger partial charge >= 0.3 is 0 Å². The molecule has 23 heavy (non-hydrogen) atoms. The van der Waals surface area contributed by atoms with Crippen molar-refractivity contribution in [1.29, 1.82) is 0 Å². The molecule has 1 aliphatic rings. The Kier molecular flexibility index (Phi) is 4.61. The van der Waals surface area contributed by atoms with Gasteiger partial charge in [0.25, 0.3) is 5.56 Å². The SMILES string of the molecule is Cc1sc2nc([C@H](C)N[C@@H]3CCC[C@H](C)[C@@H]3C)[nH]c(=O)c2c1C. The molecule has 4 atom stereocenters. The van der Waals surface area contributed by atoms with E-state index in [1.807, 2.05) is 13.8 Å². The average molecular weight is 334 g/mol. The molecule has 0 bridgehead atoms. The Balaban J connectivity index is 1.86. The van der Waals surface area contributed by atoms with E-state index in [2.05, 4.69) is 31.1 Å². The molecule has 1 saturated carbocycles. The minimum absolute atomic E-state index is 0.00874. The minimum atomic E-state index is -0.00874. The molecule has 0 aromatic carbocycles. The number of aromatic amines is 1. The van der Waals surface area contributed by atoms with E-state index in [9.17, 15) is 4.79 Å². The molecule has 4 nitrogen and oxygen atoms in total. The normalized spacial score (nSPS) is 26.6. The zero-order chi connectivity index (χ0) is 16.7. The van der Waals surface area contributed by atoms with Crippen LogP contribution in [0.1, 0.15) is 62.3 Å². The Labute approximate surface area is 141 Å². The van der Waals surface area contributed by atoms with Crippen LogP contribution in [-0.4, -0.2) is 16.0 Å². The number of aryl methyl sites for hydroxylation is 2. The van der Waals surface area contributed by atoms with Crippen LogP contribution in [0.15, 0.2) is 4.79 Å². The van der Waals surface area contributed by atoms with E-state index >= 15 is 0 Å². The second-order valence-electron chi connectivity index (χ2n) is 7.18. The Hall–Kier alpha value is -1.20. The summed E-state index contributed by atoms with van der Waals surface area (Å²) in [4.78, 5) is 22.2. The van der Waals surface area contributed by atoms with Crippen LogP contribution in [0.5, 0.6) is 0 Å². The van der Waals surface area contributed by atoms with Gasteiger partial charge in [-0.1, -0.05) is 26.7 Å². The molecule has 1 fully saturated rings. The van der Waals surface area contributed by atoms with Crippen LogP contribution in [0.2, 0.25) is 0 Å². The number of H-pyrrole nitrogens is 1. The molecule has 5 heteroatoms. The van der Waals surface area contributed by atoms with Crippen LogP contribution in [0.3, 0.4) is 0 Å². The number of thiophene rings is 1. The fourth-order valence-electron chi connectivity index (χ4n) is 3.69. The smallest absolute Gasteiger partial charge is 0.259 e. The molecule has 2 N–H and O–H groups in total. The highest BCUT2D eigenvalue weighted by molar-refractivity contribution is 7.18. The van der Waals surface area contributed by atoms with Crippen LogP contribution in [0.25, 0.3) is 10.2 Å².